The van der Waals surface area contributed by atoms with Crippen LogP contribution in [0.2, 0.25) is 0 Å². The number of sulfonamides is 1. The second-order valence-electron chi connectivity index (χ2n) is 4.95. The fraction of sp³-hybridized carbons (Fsp3) is 0.333. The lowest BCUT2D eigenvalue weighted by Gasteiger charge is -2.12. The predicted octanol–water partition coefficient (Wildman–Crippen LogP) is 1.92. The Bertz CT molecular complexity index is 751. The summed E-state index contributed by atoms with van der Waals surface area (Å²) < 4.78 is 37.3. The number of hydrogen-bond donors (Lipinski definition) is 2. The van der Waals surface area contributed by atoms with Crippen LogP contribution in [0.5, 0.6) is 5.75 Å². The molecule has 0 aliphatic carbocycles. The number of aliphatic hydroxyl groups is 1. The van der Waals surface area contributed by atoms with Crippen molar-refractivity contribution < 1.29 is 22.7 Å². The molecule has 1 aromatic carbocycles. The Morgan fingerprint density at radius 2 is 2.00 bits per heavy atom. The van der Waals surface area contributed by atoms with Crippen LogP contribution < -0.4 is 9.46 Å². The van der Waals surface area contributed by atoms with Gasteiger partial charge in [0, 0.05) is 6.54 Å². The third-order valence-electron chi connectivity index (χ3n) is 3.23. The number of rotatable bonds is 6. The lowest BCUT2D eigenvalue weighted by Crippen LogP contribution is -2.29. The highest BCUT2D eigenvalue weighted by Crippen LogP contribution is 2.21. The van der Waals surface area contributed by atoms with E-state index in [4.69, 9.17) is 9.15 Å². The summed E-state index contributed by atoms with van der Waals surface area (Å²) >= 11 is 0. The number of aliphatic hydroxyl groups excluding tert-OH is 1. The van der Waals surface area contributed by atoms with Crippen LogP contribution in [0.3, 0.4) is 0 Å². The standard InChI is InChI=1S/C15H19NO5S/c1-10-8-12(20-3)5-7-15(10)22(18,19)16-9-13(17)14-6-4-11(2)21-14/h4-8,13,16-17H,9H2,1-3H3. The van der Waals surface area contributed by atoms with Gasteiger partial charge >= 0.3 is 0 Å². The molecule has 0 saturated heterocycles. The van der Waals surface area contributed by atoms with Gasteiger partial charge in [0.15, 0.2) is 0 Å². The van der Waals surface area contributed by atoms with Gasteiger partial charge in [-0.3, -0.25) is 0 Å². The molecular formula is C15H19NO5S. The summed E-state index contributed by atoms with van der Waals surface area (Å²) in [5, 5.41) is 9.95. The topological polar surface area (TPSA) is 88.8 Å². The van der Waals surface area contributed by atoms with E-state index in [1.165, 1.54) is 13.2 Å². The Kier molecular flexibility index (Phi) is 4.90. The summed E-state index contributed by atoms with van der Waals surface area (Å²) in [5.74, 6) is 1.57. The van der Waals surface area contributed by atoms with Crippen molar-refractivity contribution in [3.05, 3.63) is 47.4 Å². The molecule has 0 amide bonds. The average Bonchev–Trinajstić information content (AvgIpc) is 2.91. The average molecular weight is 325 g/mol. The van der Waals surface area contributed by atoms with Crippen LogP contribution in [-0.2, 0) is 10.0 Å². The maximum atomic E-state index is 12.3. The second-order valence-corrected chi connectivity index (χ2v) is 6.68. The van der Waals surface area contributed by atoms with E-state index in [9.17, 15) is 13.5 Å². The Hall–Kier alpha value is -1.83. The predicted molar refractivity (Wildman–Crippen MR) is 81.3 cm³/mol. The lowest BCUT2D eigenvalue weighted by molar-refractivity contribution is 0.152. The minimum absolute atomic E-state index is 0.149. The summed E-state index contributed by atoms with van der Waals surface area (Å²) in [5.41, 5.74) is 0.565. The summed E-state index contributed by atoms with van der Waals surface area (Å²) in [4.78, 5) is 0.149. The van der Waals surface area contributed by atoms with E-state index in [-0.39, 0.29) is 11.4 Å². The van der Waals surface area contributed by atoms with Gasteiger partial charge in [0.2, 0.25) is 10.0 Å². The van der Waals surface area contributed by atoms with E-state index >= 15 is 0 Å². The normalized spacial score (nSPS) is 13.1. The fourth-order valence-corrected chi connectivity index (χ4v) is 3.31. The highest BCUT2D eigenvalue weighted by molar-refractivity contribution is 7.89. The van der Waals surface area contributed by atoms with Crippen molar-refractivity contribution in [2.75, 3.05) is 13.7 Å². The first-order valence-corrected chi connectivity index (χ1v) is 8.20. The van der Waals surface area contributed by atoms with Crippen molar-refractivity contribution in [3.63, 3.8) is 0 Å². The molecule has 0 aliphatic rings. The monoisotopic (exact) mass is 325 g/mol. The molecule has 120 valence electrons. The molecule has 22 heavy (non-hydrogen) atoms. The SMILES string of the molecule is COc1ccc(S(=O)(=O)NCC(O)c2ccc(C)o2)c(C)c1. The van der Waals surface area contributed by atoms with Crippen molar-refractivity contribution in [1.29, 1.82) is 0 Å². The Labute approximate surface area is 129 Å². The summed E-state index contributed by atoms with van der Waals surface area (Å²) in [7, 11) is -2.20. The van der Waals surface area contributed by atoms with Crippen molar-refractivity contribution in [2.24, 2.45) is 0 Å². The van der Waals surface area contributed by atoms with Gasteiger partial charge in [0.1, 0.15) is 23.4 Å². The maximum absolute atomic E-state index is 12.3. The molecule has 1 unspecified atom stereocenters. The highest BCUT2D eigenvalue weighted by Gasteiger charge is 2.20. The van der Waals surface area contributed by atoms with E-state index in [0.29, 0.717) is 22.8 Å². The highest BCUT2D eigenvalue weighted by atomic mass is 32.2. The van der Waals surface area contributed by atoms with Gasteiger partial charge < -0.3 is 14.3 Å². The zero-order chi connectivity index (χ0) is 16.3. The molecule has 0 aliphatic heterocycles. The van der Waals surface area contributed by atoms with Crippen LogP contribution in [0.25, 0.3) is 0 Å². The molecule has 2 rings (SSSR count). The van der Waals surface area contributed by atoms with Crippen LogP contribution in [-0.4, -0.2) is 27.2 Å². The Morgan fingerprint density at radius 3 is 2.55 bits per heavy atom. The molecule has 1 atom stereocenters. The number of hydrogen-bond acceptors (Lipinski definition) is 5. The number of furan rings is 1. The van der Waals surface area contributed by atoms with Gasteiger partial charge in [-0.25, -0.2) is 13.1 Å². The minimum Gasteiger partial charge on any atom is -0.497 e. The van der Waals surface area contributed by atoms with Crippen LogP contribution in [0.1, 0.15) is 23.2 Å². The van der Waals surface area contributed by atoms with Crippen molar-refractivity contribution in [2.45, 2.75) is 24.8 Å². The van der Waals surface area contributed by atoms with Crippen LogP contribution in [0, 0.1) is 13.8 Å². The largest absolute Gasteiger partial charge is 0.497 e. The summed E-state index contributed by atoms with van der Waals surface area (Å²) in [6.45, 7) is 3.27. The van der Waals surface area contributed by atoms with Gasteiger partial charge in [0.05, 0.1) is 12.0 Å². The maximum Gasteiger partial charge on any atom is 0.240 e. The molecule has 0 saturated carbocycles. The zero-order valence-corrected chi connectivity index (χ0v) is 13.5. The second kappa shape index (κ2) is 6.51. The summed E-state index contributed by atoms with van der Waals surface area (Å²) in [6.07, 6.45) is -1.04. The van der Waals surface area contributed by atoms with Crippen molar-refractivity contribution in [1.82, 2.24) is 4.72 Å². The molecule has 1 aromatic heterocycles. The number of benzene rings is 1. The van der Waals surface area contributed by atoms with Gasteiger partial charge in [-0.1, -0.05) is 0 Å². The smallest absolute Gasteiger partial charge is 0.240 e. The van der Waals surface area contributed by atoms with Crippen LogP contribution in [0.4, 0.5) is 0 Å². The van der Waals surface area contributed by atoms with Gasteiger partial charge in [0.25, 0.3) is 0 Å². The number of aryl methyl sites for hydroxylation is 2. The van der Waals surface area contributed by atoms with Crippen molar-refractivity contribution in [3.8, 4) is 5.75 Å². The first kappa shape index (κ1) is 16.5. The molecule has 6 nitrogen and oxygen atoms in total. The zero-order valence-electron chi connectivity index (χ0n) is 12.7. The molecule has 0 radical (unpaired) electrons. The Balaban J connectivity index is 2.11. The van der Waals surface area contributed by atoms with Gasteiger partial charge in [-0.15, -0.1) is 0 Å². The number of nitrogens with one attached hydrogen (secondary N) is 1. The van der Waals surface area contributed by atoms with Crippen LogP contribution >= 0.6 is 0 Å². The molecule has 1 heterocycles. The molecule has 0 bridgehead atoms. The molecule has 2 aromatic rings. The summed E-state index contributed by atoms with van der Waals surface area (Å²) in [6, 6.07) is 8.02. The minimum atomic E-state index is -3.72. The van der Waals surface area contributed by atoms with E-state index in [2.05, 4.69) is 4.72 Å². The molecule has 0 fully saturated rings. The first-order valence-electron chi connectivity index (χ1n) is 6.72. The van der Waals surface area contributed by atoms with E-state index < -0.39 is 16.1 Å². The molecular weight excluding hydrogens is 306 g/mol. The molecule has 0 spiro atoms. The van der Waals surface area contributed by atoms with E-state index in [1.54, 1.807) is 38.1 Å². The van der Waals surface area contributed by atoms with Gasteiger partial charge in [-0.2, -0.15) is 0 Å². The number of ether oxygens (including phenoxy) is 1. The molecule has 7 heteroatoms. The quantitative estimate of drug-likeness (QED) is 0.847. The third kappa shape index (κ3) is 3.68. The van der Waals surface area contributed by atoms with Crippen LogP contribution in [0.15, 0.2) is 39.6 Å². The first-order chi connectivity index (χ1) is 10.3. The lowest BCUT2D eigenvalue weighted by atomic mass is 10.2. The third-order valence-corrected chi connectivity index (χ3v) is 4.81. The van der Waals surface area contributed by atoms with E-state index in [1.807, 2.05) is 0 Å². The number of methoxy groups -OCH3 is 1. The fourth-order valence-electron chi connectivity index (χ4n) is 2.05. The van der Waals surface area contributed by atoms with Crippen molar-refractivity contribution >= 4 is 10.0 Å². The molecule has 2 N–H and O–H groups in total. The van der Waals surface area contributed by atoms with E-state index in [0.717, 1.165) is 0 Å². The van der Waals surface area contributed by atoms with Gasteiger partial charge in [-0.05, 0) is 49.7 Å². The Morgan fingerprint density at radius 1 is 1.27 bits per heavy atom.